The molecule has 0 aliphatic rings. The van der Waals surface area contributed by atoms with Gasteiger partial charge in [-0.2, -0.15) is 15.0 Å². The Balaban J connectivity index is 2.21. The molecule has 0 fully saturated rings. The number of anilines is 2. The predicted molar refractivity (Wildman–Crippen MR) is 84.1 cm³/mol. The van der Waals surface area contributed by atoms with Crippen LogP contribution in [0.25, 0.3) is 0 Å². The normalized spacial score (nSPS) is 10.3. The van der Waals surface area contributed by atoms with E-state index in [1.807, 2.05) is 43.1 Å². The number of aromatic nitrogens is 3. The molecule has 112 valence electrons. The van der Waals surface area contributed by atoms with Crippen LogP contribution in [0.4, 0.5) is 11.9 Å². The summed E-state index contributed by atoms with van der Waals surface area (Å²) in [7, 11) is 3.44. The van der Waals surface area contributed by atoms with Crippen molar-refractivity contribution in [1.29, 1.82) is 0 Å². The van der Waals surface area contributed by atoms with Crippen molar-refractivity contribution in [3.63, 3.8) is 0 Å². The molecular weight excluding hydrogens is 290 g/mol. The van der Waals surface area contributed by atoms with Crippen molar-refractivity contribution in [1.82, 2.24) is 15.0 Å². The summed E-state index contributed by atoms with van der Waals surface area (Å²) in [5.41, 5.74) is 1.08. The van der Waals surface area contributed by atoms with Crippen LogP contribution in [0.1, 0.15) is 12.5 Å². The monoisotopic (exact) mass is 307 g/mol. The number of methoxy groups -OCH3 is 1. The SMILES string of the molecule is CCNc1nc(OC)nc(N(C)Cc2cccc(Cl)c2)n1. The van der Waals surface area contributed by atoms with Crippen LogP contribution in [-0.2, 0) is 6.54 Å². The van der Waals surface area contributed by atoms with Gasteiger partial charge in [0.2, 0.25) is 11.9 Å². The fourth-order valence-electron chi connectivity index (χ4n) is 1.82. The summed E-state index contributed by atoms with van der Waals surface area (Å²) in [6, 6.07) is 7.98. The quantitative estimate of drug-likeness (QED) is 0.885. The topological polar surface area (TPSA) is 63.2 Å². The minimum Gasteiger partial charge on any atom is -0.467 e. The average molecular weight is 308 g/mol. The minimum atomic E-state index is 0.286. The maximum Gasteiger partial charge on any atom is 0.322 e. The lowest BCUT2D eigenvalue weighted by Gasteiger charge is -2.18. The summed E-state index contributed by atoms with van der Waals surface area (Å²) in [4.78, 5) is 14.7. The van der Waals surface area contributed by atoms with Crippen LogP contribution in [-0.4, -0.2) is 35.7 Å². The maximum atomic E-state index is 6.00. The van der Waals surface area contributed by atoms with E-state index in [0.717, 1.165) is 12.1 Å². The van der Waals surface area contributed by atoms with E-state index in [1.165, 1.54) is 7.11 Å². The molecule has 0 spiro atoms. The number of ether oxygens (including phenoxy) is 1. The zero-order chi connectivity index (χ0) is 15.2. The Labute approximate surface area is 129 Å². The highest BCUT2D eigenvalue weighted by Crippen LogP contribution is 2.17. The van der Waals surface area contributed by atoms with Gasteiger partial charge in [-0.15, -0.1) is 0 Å². The van der Waals surface area contributed by atoms with Gasteiger partial charge in [0.15, 0.2) is 0 Å². The first-order chi connectivity index (χ1) is 10.1. The number of rotatable bonds is 6. The second-order valence-electron chi connectivity index (χ2n) is 4.46. The van der Waals surface area contributed by atoms with Crippen LogP contribution in [0, 0.1) is 0 Å². The molecule has 0 radical (unpaired) electrons. The van der Waals surface area contributed by atoms with Gasteiger partial charge in [-0.05, 0) is 24.6 Å². The number of benzene rings is 1. The van der Waals surface area contributed by atoms with Gasteiger partial charge in [0.05, 0.1) is 7.11 Å². The molecule has 0 amide bonds. The molecule has 6 nitrogen and oxygen atoms in total. The summed E-state index contributed by atoms with van der Waals surface area (Å²) >= 11 is 6.00. The first kappa shape index (κ1) is 15.3. The molecule has 1 aromatic heterocycles. The Bertz CT molecular complexity index is 608. The van der Waals surface area contributed by atoms with Crippen LogP contribution < -0.4 is 15.0 Å². The molecule has 1 heterocycles. The molecule has 0 saturated heterocycles. The number of hydrogen-bond donors (Lipinski definition) is 1. The van der Waals surface area contributed by atoms with Crippen molar-refractivity contribution in [3.8, 4) is 6.01 Å². The Kier molecular flexibility index (Phi) is 5.16. The number of halogens is 1. The molecule has 1 N–H and O–H groups in total. The second-order valence-corrected chi connectivity index (χ2v) is 4.90. The molecule has 0 unspecified atom stereocenters. The number of nitrogens with one attached hydrogen (secondary N) is 1. The highest BCUT2D eigenvalue weighted by Gasteiger charge is 2.11. The maximum absolute atomic E-state index is 6.00. The lowest BCUT2D eigenvalue weighted by molar-refractivity contribution is 0.379. The smallest absolute Gasteiger partial charge is 0.322 e. The van der Waals surface area contributed by atoms with Crippen molar-refractivity contribution in [3.05, 3.63) is 34.9 Å². The molecule has 2 rings (SSSR count). The molecule has 7 heteroatoms. The van der Waals surface area contributed by atoms with Crippen molar-refractivity contribution >= 4 is 23.5 Å². The average Bonchev–Trinajstić information content (AvgIpc) is 2.47. The predicted octanol–water partition coefficient (Wildman–Crippen LogP) is 2.60. The lowest BCUT2D eigenvalue weighted by Crippen LogP contribution is -2.20. The van der Waals surface area contributed by atoms with Crippen molar-refractivity contribution < 1.29 is 4.74 Å². The van der Waals surface area contributed by atoms with Crippen LogP contribution in [0.2, 0.25) is 5.02 Å². The van der Waals surface area contributed by atoms with Gasteiger partial charge in [-0.1, -0.05) is 23.7 Å². The van der Waals surface area contributed by atoms with Gasteiger partial charge in [0.1, 0.15) is 0 Å². The molecule has 2 aromatic rings. The van der Waals surface area contributed by atoms with Crippen molar-refractivity contribution in [2.75, 3.05) is 30.9 Å². The highest BCUT2D eigenvalue weighted by molar-refractivity contribution is 6.30. The van der Waals surface area contributed by atoms with Gasteiger partial charge < -0.3 is 15.0 Å². The Morgan fingerprint density at radius 3 is 2.76 bits per heavy atom. The first-order valence-corrected chi connectivity index (χ1v) is 6.99. The minimum absolute atomic E-state index is 0.286. The van der Waals surface area contributed by atoms with Crippen LogP contribution >= 0.6 is 11.6 Å². The molecular formula is C14H18ClN5O. The number of hydrogen-bond acceptors (Lipinski definition) is 6. The van der Waals surface area contributed by atoms with Crippen LogP contribution in [0.5, 0.6) is 6.01 Å². The molecule has 0 saturated carbocycles. The lowest BCUT2D eigenvalue weighted by atomic mass is 10.2. The van der Waals surface area contributed by atoms with E-state index in [2.05, 4.69) is 20.3 Å². The van der Waals surface area contributed by atoms with Gasteiger partial charge >= 0.3 is 6.01 Å². The summed E-state index contributed by atoms with van der Waals surface area (Å²) < 4.78 is 5.11. The Hall–Kier alpha value is -2.08. The molecule has 0 atom stereocenters. The van der Waals surface area contributed by atoms with Gasteiger partial charge in [-0.3, -0.25) is 0 Å². The fraction of sp³-hybridized carbons (Fsp3) is 0.357. The van der Waals surface area contributed by atoms with E-state index in [-0.39, 0.29) is 6.01 Å². The molecule has 0 aliphatic carbocycles. The third-order valence-electron chi connectivity index (χ3n) is 2.77. The summed E-state index contributed by atoms with van der Waals surface area (Å²) in [6.45, 7) is 3.34. The zero-order valence-electron chi connectivity index (χ0n) is 12.3. The first-order valence-electron chi connectivity index (χ1n) is 6.62. The third kappa shape index (κ3) is 4.19. The van der Waals surface area contributed by atoms with Gasteiger partial charge in [-0.25, -0.2) is 0 Å². The summed E-state index contributed by atoms with van der Waals surface area (Å²) in [6.07, 6.45) is 0. The van der Waals surface area contributed by atoms with E-state index in [0.29, 0.717) is 23.5 Å². The fourth-order valence-corrected chi connectivity index (χ4v) is 2.04. The van der Waals surface area contributed by atoms with Gasteiger partial charge in [0.25, 0.3) is 0 Å². The zero-order valence-corrected chi connectivity index (χ0v) is 13.1. The second kappa shape index (κ2) is 7.08. The third-order valence-corrected chi connectivity index (χ3v) is 3.01. The largest absolute Gasteiger partial charge is 0.467 e. The van der Waals surface area contributed by atoms with Crippen LogP contribution in [0.15, 0.2) is 24.3 Å². The molecule has 0 aliphatic heterocycles. The number of nitrogens with zero attached hydrogens (tertiary/aromatic N) is 4. The molecule has 21 heavy (non-hydrogen) atoms. The van der Waals surface area contributed by atoms with E-state index in [1.54, 1.807) is 0 Å². The Morgan fingerprint density at radius 1 is 1.29 bits per heavy atom. The van der Waals surface area contributed by atoms with Gasteiger partial charge in [0, 0.05) is 25.2 Å². The van der Waals surface area contributed by atoms with E-state index in [4.69, 9.17) is 16.3 Å². The van der Waals surface area contributed by atoms with Crippen LogP contribution in [0.3, 0.4) is 0 Å². The summed E-state index contributed by atoms with van der Waals surface area (Å²) in [5.74, 6) is 1.04. The van der Waals surface area contributed by atoms with Crippen molar-refractivity contribution in [2.45, 2.75) is 13.5 Å². The van der Waals surface area contributed by atoms with E-state index >= 15 is 0 Å². The van der Waals surface area contributed by atoms with E-state index < -0.39 is 0 Å². The van der Waals surface area contributed by atoms with E-state index in [9.17, 15) is 0 Å². The molecule has 1 aromatic carbocycles. The standard InChI is InChI=1S/C14H18ClN5O/c1-4-16-12-17-13(19-14(18-12)21-3)20(2)9-10-6-5-7-11(15)8-10/h5-8H,4,9H2,1-3H3,(H,16,17,18,19). The highest BCUT2D eigenvalue weighted by atomic mass is 35.5. The van der Waals surface area contributed by atoms with Crippen molar-refractivity contribution in [2.24, 2.45) is 0 Å². The summed E-state index contributed by atoms with van der Waals surface area (Å²) in [5, 5.41) is 3.77. The Morgan fingerprint density at radius 2 is 2.10 bits per heavy atom. The molecule has 0 bridgehead atoms.